The molecule has 7 heteroatoms. The number of benzene rings is 1. The maximum Gasteiger partial charge on any atom is 0.301 e. The molecular weight excluding hydrogens is 326 g/mol. The van der Waals surface area contributed by atoms with E-state index in [1.165, 1.54) is 18.3 Å². The first kappa shape index (κ1) is 16.4. The average molecular weight is 343 g/mol. The second kappa shape index (κ2) is 6.60. The van der Waals surface area contributed by atoms with Gasteiger partial charge < -0.3 is 4.90 Å². The average Bonchev–Trinajstić information content (AvgIpc) is 2.90. The number of para-hydroxylation sites is 1. The van der Waals surface area contributed by atoms with Gasteiger partial charge in [-0.2, -0.15) is 0 Å². The van der Waals surface area contributed by atoms with Crippen LogP contribution in [0.5, 0.6) is 0 Å². The summed E-state index contributed by atoms with van der Waals surface area (Å²) >= 11 is 1.13. The molecule has 124 valence electrons. The number of fused-ring (bicyclic) bond motifs is 1. The maximum atomic E-state index is 12.9. The number of anilines is 1. The fourth-order valence-corrected chi connectivity index (χ4v) is 3.86. The molecule has 1 aromatic carbocycles. The Kier molecular flexibility index (Phi) is 4.53. The number of thioether (sulfide) groups is 1. The molecule has 1 aliphatic heterocycles. The lowest BCUT2D eigenvalue weighted by Gasteiger charge is -2.25. The van der Waals surface area contributed by atoms with Crippen molar-refractivity contribution < 1.29 is 9.72 Å². The Morgan fingerprint density at radius 2 is 2.12 bits per heavy atom. The van der Waals surface area contributed by atoms with Gasteiger partial charge in [0.15, 0.2) is 5.03 Å². The Labute approximate surface area is 144 Å². The summed E-state index contributed by atoms with van der Waals surface area (Å²) in [5.74, 6) is -0.0580. The van der Waals surface area contributed by atoms with Gasteiger partial charge in [0, 0.05) is 24.0 Å². The fraction of sp³-hybridized carbons (Fsp3) is 0.294. The number of nitro groups is 1. The number of carbonyl (C=O) groups is 1. The van der Waals surface area contributed by atoms with Crippen LogP contribution in [0.2, 0.25) is 0 Å². The largest absolute Gasteiger partial charge is 0.308 e. The third kappa shape index (κ3) is 2.99. The van der Waals surface area contributed by atoms with Gasteiger partial charge in [-0.3, -0.25) is 14.9 Å². The molecule has 1 amide bonds. The van der Waals surface area contributed by atoms with E-state index in [0.29, 0.717) is 0 Å². The zero-order valence-corrected chi connectivity index (χ0v) is 14.2. The zero-order chi connectivity index (χ0) is 17.3. The number of amides is 1. The van der Waals surface area contributed by atoms with Crippen molar-refractivity contribution in [2.75, 3.05) is 4.90 Å². The molecule has 0 aliphatic carbocycles. The van der Waals surface area contributed by atoms with Crippen molar-refractivity contribution in [1.82, 2.24) is 4.98 Å². The minimum Gasteiger partial charge on any atom is -0.308 e. The van der Waals surface area contributed by atoms with Crippen LogP contribution in [0.4, 0.5) is 11.4 Å². The van der Waals surface area contributed by atoms with E-state index in [9.17, 15) is 14.9 Å². The molecule has 0 bridgehead atoms. The van der Waals surface area contributed by atoms with E-state index in [-0.39, 0.29) is 22.7 Å². The molecule has 0 saturated heterocycles. The van der Waals surface area contributed by atoms with Gasteiger partial charge in [0.25, 0.3) is 0 Å². The lowest BCUT2D eigenvalue weighted by atomic mass is 10.1. The lowest BCUT2D eigenvalue weighted by molar-refractivity contribution is -0.388. The number of nitrogens with zero attached hydrogens (tertiary/aromatic N) is 3. The van der Waals surface area contributed by atoms with Crippen LogP contribution in [-0.4, -0.2) is 27.1 Å². The van der Waals surface area contributed by atoms with E-state index in [1.807, 2.05) is 31.2 Å². The Bertz CT molecular complexity index is 796. The molecule has 6 nitrogen and oxygen atoms in total. The third-order valence-corrected chi connectivity index (χ3v) is 5.12. The summed E-state index contributed by atoms with van der Waals surface area (Å²) in [5.41, 5.74) is 2.01. The number of rotatable bonds is 4. The molecule has 2 heterocycles. The molecule has 0 fully saturated rings. The van der Waals surface area contributed by atoms with E-state index in [4.69, 9.17) is 0 Å². The van der Waals surface area contributed by atoms with Crippen LogP contribution < -0.4 is 4.90 Å². The van der Waals surface area contributed by atoms with Gasteiger partial charge in [0.1, 0.15) is 0 Å². The van der Waals surface area contributed by atoms with E-state index < -0.39 is 10.2 Å². The summed E-state index contributed by atoms with van der Waals surface area (Å²) in [5, 5.41) is 10.9. The fourth-order valence-electron chi connectivity index (χ4n) is 2.93. The van der Waals surface area contributed by atoms with Crippen LogP contribution in [-0.2, 0) is 11.2 Å². The smallest absolute Gasteiger partial charge is 0.301 e. The van der Waals surface area contributed by atoms with Gasteiger partial charge in [-0.05, 0) is 38.0 Å². The monoisotopic (exact) mass is 343 g/mol. The first-order valence-electron chi connectivity index (χ1n) is 7.66. The lowest BCUT2D eigenvalue weighted by Crippen LogP contribution is -2.40. The van der Waals surface area contributed by atoms with E-state index in [1.54, 1.807) is 11.8 Å². The van der Waals surface area contributed by atoms with E-state index >= 15 is 0 Å². The summed E-state index contributed by atoms with van der Waals surface area (Å²) in [7, 11) is 0. The predicted octanol–water partition coefficient (Wildman–Crippen LogP) is 3.45. The summed E-state index contributed by atoms with van der Waals surface area (Å²) in [6.45, 7) is 3.78. The Hall–Kier alpha value is -2.41. The van der Waals surface area contributed by atoms with Crippen LogP contribution in [0.3, 0.4) is 0 Å². The molecule has 2 aromatic rings. The molecule has 2 atom stereocenters. The SMILES string of the molecule is C[C@H](Sc1ncccc1[N+](=O)[O-])C(=O)N1c2ccccc2C[C@H]1C. The molecule has 24 heavy (non-hydrogen) atoms. The van der Waals surface area contributed by atoms with Crippen molar-refractivity contribution in [2.24, 2.45) is 0 Å². The van der Waals surface area contributed by atoms with Crippen LogP contribution >= 0.6 is 11.8 Å². The third-order valence-electron chi connectivity index (χ3n) is 4.03. The Morgan fingerprint density at radius 1 is 1.38 bits per heavy atom. The number of carbonyl (C=O) groups excluding carboxylic acids is 1. The number of hydrogen-bond donors (Lipinski definition) is 0. The summed E-state index contributed by atoms with van der Waals surface area (Å²) in [6.07, 6.45) is 2.32. The molecule has 0 unspecified atom stereocenters. The minimum absolute atomic E-state index is 0.0580. The predicted molar refractivity (Wildman–Crippen MR) is 93.3 cm³/mol. The van der Waals surface area contributed by atoms with Crippen molar-refractivity contribution in [1.29, 1.82) is 0 Å². The van der Waals surface area contributed by atoms with Crippen molar-refractivity contribution >= 4 is 29.0 Å². The molecule has 3 rings (SSSR count). The minimum atomic E-state index is -0.472. The molecule has 0 radical (unpaired) electrons. The highest BCUT2D eigenvalue weighted by atomic mass is 32.2. The van der Waals surface area contributed by atoms with E-state index in [0.717, 1.165) is 29.4 Å². The van der Waals surface area contributed by atoms with Crippen LogP contribution in [0.1, 0.15) is 19.4 Å². The first-order chi connectivity index (χ1) is 11.5. The van der Waals surface area contributed by atoms with E-state index in [2.05, 4.69) is 4.98 Å². The van der Waals surface area contributed by atoms with Crippen LogP contribution in [0, 0.1) is 10.1 Å². The first-order valence-corrected chi connectivity index (χ1v) is 8.54. The topological polar surface area (TPSA) is 76.3 Å². The second-order valence-corrected chi connectivity index (χ2v) is 7.06. The number of pyridine rings is 1. The molecule has 0 saturated carbocycles. The quantitative estimate of drug-likeness (QED) is 0.483. The maximum absolute atomic E-state index is 12.9. The van der Waals surface area contributed by atoms with Crippen molar-refractivity contribution in [3.05, 3.63) is 58.3 Å². The molecule has 1 aromatic heterocycles. The molecule has 0 spiro atoms. The van der Waals surface area contributed by atoms with Crippen LogP contribution in [0.15, 0.2) is 47.6 Å². The van der Waals surface area contributed by atoms with Gasteiger partial charge in [-0.25, -0.2) is 4.98 Å². The number of hydrogen-bond acceptors (Lipinski definition) is 5. The Morgan fingerprint density at radius 3 is 2.88 bits per heavy atom. The standard InChI is InChI=1S/C17H17N3O3S/c1-11-10-13-6-3-4-7-14(13)19(11)17(21)12(2)24-16-15(20(22)23)8-5-9-18-16/h3-9,11-12H,10H2,1-2H3/t11-,12+/m1/s1. The van der Waals surface area contributed by atoms with Gasteiger partial charge in [-0.15, -0.1) is 0 Å². The summed E-state index contributed by atoms with van der Waals surface area (Å²) in [6, 6.07) is 10.9. The normalized spacial score (nSPS) is 17.4. The van der Waals surface area contributed by atoms with Crippen molar-refractivity contribution in [3.8, 4) is 0 Å². The van der Waals surface area contributed by atoms with Gasteiger partial charge in [-0.1, -0.05) is 30.0 Å². The van der Waals surface area contributed by atoms with Gasteiger partial charge >= 0.3 is 5.69 Å². The molecular formula is C17H17N3O3S. The highest BCUT2D eigenvalue weighted by Gasteiger charge is 2.34. The van der Waals surface area contributed by atoms with Crippen molar-refractivity contribution in [3.63, 3.8) is 0 Å². The Balaban J connectivity index is 1.83. The van der Waals surface area contributed by atoms with Crippen LogP contribution in [0.25, 0.3) is 0 Å². The highest BCUT2D eigenvalue weighted by Crippen LogP contribution is 2.36. The van der Waals surface area contributed by atoms with Crippen molar-refractivity contribution in [2.45, 2.75) is 36.6 Å². The highest BCUT2D eigenvalue weighted by molar-refractivity contribution is 8.00. The summed E-state index contributed by atoms with van der Waals surface area (Å²) < 4.78 is 0. The summed E-state index contributed by atoms with van der Waals surface area (Å²) in [4.78, 5) is 29.4. The second-order valence-electron chi connectivity index (χ2n) is 5.73. The molecule has 0 N–H and O–H groups in total. The zero-order valence-electron chi connectivity index (χ0n) is 13.4. The molecule has 1 aliphatic rings. The van der Waals surface area contributed by atoms with Gasteiger partial charge in [0.2, 0.25) is 5.91 Å². The van der Waals surface area contributed by atoms with Gasteiger partial charge in [0.05, 0.1) is 10.2 Å². The number of aromatic nitrogens is 1.